The number of alkyl halides is 1. The average Bonchev–Trinajstić information content (AvgIpc) is 3.17. The Morgan fingerprint density at radius 1 is 1.41 bits per heavy atom. The number of piperidine rings is 1. The Morgan fingerprint density at radius 3 is 2.91 bits per heavy atom. The van der Waals surface area contributed by atoms with Crippen LogP contribution in [0.5, 0.6) is 0 Å². The lowest BCUT2D eigenvalue weighted by atomic mass is 9.88. The molecule has 2 aliphatic heterocycles. The molecule has 0 aliphatic carbocycles. The number of pyridine rings is 1. The van der Waals surface area contributed by atoms with Gasteiger partial charge in [0.1, 0.15) is 24.5 Å². The third kappa shape index (κ3) is 4.40. The first kappa shape index (κ1) is 22.1. The summed E-state index contributed by atoms with van der Waals surface area (Å²) in [7, 11) is 0. The zero-order chi connectivity index (χ0) is 22.8. The number of ether oxygens (including phenoxy) is 1. The molecule has 7 nitrogen and oxygen atoms in total. The van der Waals surface area contributed by atoms with E-state index in [4.69, 9.17) is 10.00 Å². The lowest BCUT2D eigenvalue weighted by molar-refractivity contribution is 0.0411. The number of fused-ring (bicyclic) bond motifs is 1. The summed E-state index contributed by atoms with van der Waals surface area (Å²) in [5.41, 5.74) is 3.47. The molecule has 0 spiro atoms. The van der Waals surface area contributed by atoms with E-state index in [1.165, 1.54) is 18.3 Å². The molecule has 0 unspecified atom stereocenters. The van der Waals surface area contributed by atoms with Crippen LogP contribution in [-0.2, 0) is 11.3 Å². The molecule has 0 amide bonds. The van der Waals surface area contributed by atoms with E-state index in [0.29, 0.717) is 29.7 Å². The molecule has 8 heteroatoms. The summed E-state index contributed by atoms with van der Waals surface area (Å²) in [5, 5.41) is 19.6. The number of benzene rings is 1. The van der Waals surface area contributed by atoms with Gasteiger partial charge in [-0.3, -0.25) is 14.7 Å². The van der Waals surface area contributed by atoms with E-state index in [1.54, 1.807) is 12.1 Å². The highest BCUT2D eigenvalue weighted by Gasteiger charge is 2.33. The molecule has 3 heterocycles. The molecule has 1 N–H and O–H groups in total. The first-order chi connectivity index (χ1) is 15.4. The number of aromatic nitrogens is 1. The average molecular weight is 437 g/mol. The van der Waals surface area contributed by atoms with E-state index in [9.17, 15) is 19.1 Å². The van der Waals surface area contributed by atoms with E-state index in [2.05, 4.69) is 4.98 Å². The van der Waals surface area contributed by atoms with Crippen LogP contribution in [0, 0.1) is 24.2 Å². The Morgan fingerprint density at radius 2 is 2.22 bits per heavy atom. The number of halogens is 1. The molecule has 166 valence electrons. The summed E-state index contributed by atoms with van der Waals surface area (Å²) in [4.78, 5) is 30.0. The summed E-state index contributed by atoms with van der Waals surface area (Å²) in [6.07, 6.45) is -0.0992. The quantitative estimate of drug-likeness (QED) is 0.547. The highest BCUT2D eigenvalue weighted by Crippen LogP contribution is 2.31. The predicted octanol–water partition coefficient (Wildman–Crippen LogP) is 2.90. The van der Waals surface area contributed by atoms with E-state index in [0.717, 1.165) is 11.1 Å². The van der Waals surface area contributed by atoms with Gasteiger partial charge in [-0.25, -0.2) is 9.18 Å². The van der Waals surface area contributed by atoms with Crippen molar-refractivity contribution < 1.29 is 23.8 Å². The molecule has 2 aromatic rings. The lowest BCUT2D eigenvalue weighted by Gasteiger charge is -2.35. The molecule has 0 saturated carbocycles. The van der Waals surface area contributed by atoms with Gasteiger partial charge in [0.2, 0.25) is 0 Å². The Bertz CT molecular complexity index is 1080. The van der Waals surface area contributed by atoms with Gasteiger partial charge in [0.15, 0.2) is 5.78 Å². The first-order valence-corrected chi connectivity index (χ1v) is 10.6. The van der Waals surface area contributed by atoms with Crippen LogP contribution in [0.25, 0.3) is 0 Å². The van der Waals surface area contributed by atoms with Gasteiger partial charge in [-0.1, -0.05) is 6.07 Å². The SMILES string of the molecule is Cc1c([C@@H](O)CN2CC[C@@H](CC(=O)c3ccc(C#N)cn3)[C@@H](F)C2)ccc2c1COC2=O. The number of aliphatic hydroxyl groups is 1. The standard InChI is InChI=1S/C24H24FN3O4/c1-14-17(3-4-18-19(14)13-32-24(18)31)23(30)12-28-7-6-16(20(25)11-28)8-22(29)21-5-2-15(9-26)10-27-21/h2-5,10,16,20,23,30H,6-8,11-13H2,1H3/t16-,20-,23-/m0/s1. The molecule has 2 aliphatic rings. The number of carbonyl (C=O) groups is 2. The van der Waals surface area contributed by atoms with Crippen LogP contribution in [0.3, 0.4) is 0 Å². The molecule has 3 atom stereocenters. The maximum absolute atomic E-state index is 14.9. The van der Waals surface area contributed by atoms with Crippen molar-refractivity contribution in [1.82, 2.24) is 9.88 Å². The van der Waals surface area contributed by atoms with Crippen LogP contribution < -0.4 is 0 Å². The molecule has 1 aromatic carbocycles. The molecule has 4 rings (SSSR count). The summed E-state index contributed by atoms with van der Waals surface area (Å²) in [6.45, 7) is 3.04. The highest BCUT2D eigenvalue weighted by molar-refractivity contribution is 5.94. The third-order valence-corrected chi connectivity index (χ3v) is 6.38. The van der Waals surface area contributed by atoms with Crippen molar-refractivity contribution in [3.8, 4) is 6.07 Å². The van der Waals surface area contributed by atoms with Crippen LogP contribution >= 0.6 is 0 Å². The van der Waals surface area contributed by atoms with Gasteiger partial charge in [0.05, 0.1) is 17.2 Å². The number of β-amino-alcohol motifs (C(OH)–C–C–N with tert-alkyl or cyclic N) is 1. The minimum absolute atomic E-state index is 0.0639. The molecule has 0 bridgehead atoms. The maximum Gasteiger partial charge on any atom is 0.338 e. The largest absolute Gasteiger partial charge is 0.457 e. The number of nitrogens with zero attached hydrogens (tertiary/aromatic N) is 3. The topological polar surface area (TPSA) is 104 Å². The molecule has 32 heavy (non-hydrogen) atoms. The Labute approximate surface area is 185 Å². The number of esters is 1. The fraction of sp³-hybridized carbons (Fsp3) is 0.417. The number of aliphatic hydroxyl groups excluding tert-OH is 1. The highest BCUT2D eigenvalue weighted by atomic mass is 19.1. The van der Waals surface area contributed by atoms with Gasteiger partial charge < -0.3 is 9.84 Å². The molecular weight excluding hydrogens is 413 g/mol. The van der Waals surface area contributed by atoms with Crippen LogP contribution in [0.15, 0.2) is 30.5 Å². The number of nitriles is 1. The molecule has 1 aromatic heterocycles. The minimum Gasteiger partial charge on any atom is -0.457 e. The second kappa shape index (κ2) is 9.15. The van der Waals surface area contributed by atoms with Crippen molar-refractivity contribution in [1.29, 1.82) is 5.26 Å². The molecule has 0 radical (unpaired) electrons. The van der Waals surface area contributed by atoms with E-state index < -0.39 is 18.2 Å². The molecule has 1 saturated heterocycles. The number of Topliss-reactive ketones (excluding diaryl/α,β-unsaturated/α-hetero) is 1. The van der Waals surface area contributed by atoms with Crippen LogP contribution in [0.1, 0.15) is 62.0 Å². The van der Waals surface area contributed by atoms with Gasteiger partial charge >= 0.3 is 5.97 Å². The van der Waals surface area contributed by atoms with Crippen LogP contribution in [0.2, 0.25) is 0 Å². The summed E-state index contributed by atoms with van der Waals surface area (Å²) in [5.74, 6) is -0.989. The van der Waals surface area contributed by atoms with Crippen LogP contribution in [-0.4, -0.2) is 52.5 Å². The second-order valence-electron chi connectivity index (χ2n) is 8.39. The number of likely N-dealkylation sites (tertiary alicyclic amines) is 1. The number of hydrogen-bond acceptors (Lipinski definition) is 7. The van der Waals surface area contributed by atoms with E-state index >= 15 is 0 Å². The Kier molecular flexibility index (Phi) is 6.31. The summed E-state index contributed by atoms with van der Waals surface area (Å²) < 4.78 is 19.9. The van der Waals surface area contributed by atoms with Gasteiger partial charge in [0.25, 0.3) is 0 Å². The zero-order valence-corrected chi connectivity index (χ0v) is 17.8. The summed E-state index contributed by atoms with van der Waals surface area (Å²) in [6, 6.07) is 8.38. The maximum atomic E-state index is 14.9. The Hall–Kier alpha value is -3.15. The fourth-order valence-corrected chi connectivity index (χ4v) is 4.45. The van der Waals surface area contributed by atoms with Crippen molar-refractivity contribution in [2.24, 2.45) is 5.92 Å². The normalized spacial score (nSPS) is 21.5. The zero-order valence-electron chi connectivity index (χ0n) is 17.8. The molecule has 1 fully saturated rings. The number of cyclic esters (lactones) is 1. The fourth-order valence-electron chi connectivity index (χ4n) is 4.45. The van der Waals surface area contributed by atoms with Crippen molar-refractivity contribution in [3.63, 3.8) is 0 Å². The predicted molar refractivity (Wildman–Crippen MR) is 113 cm³/mol. The second-order valence-corrected chi connectivity index (χ2v) is 8.39. The smallest absolute Gasteiger partial charge is 0.338 e. The van der Waals surface area contributed by atoms with Crippen molar-refractivity contribution in [2.45, 2.75) is 38.6 Å². The first-order valence-electron chi connectivity index (χ1n) is 10.6. The van der Waals surface area contributed by atoms with Gasteiger partial charge in [0, 0.05) is 31.3 Å². The number of rotatable bonds is 6. The van der Waals surface area contributed by atoms with Crippen LogP contribution in [0.4, 0.5) is 4.39 Å². The third-order valence-electron chi connectivity index (χ3n) is 6.38. The number of carbonyl (C=O) groups excluding carboxylic acids is 2. The summed E-state index contributed by atoms with van der Waals surface area (Å²) >= 11 is 0. The number of hydrogen-bond donors (Lipinski definition) is 1. The van der Waals surface area contributed by atoms with Gasteiger partial charge in [-0.15, -0.1) is 0 Å². The van der Waals surface area contributed by atoms with Crippen molar-refractivity contribution >= 4 is 11.8 Å². The Balaban J connectivity index is 1.34. The van der Waals surface area contributed by atoms with Gasteiger partial charge in [-0.05, 0) is 55.1 Å². The minimum atomic E-state index is -1.19. The van der Waals surface area contributed by atoms with E-state index in [-0.39, 0.29) is 43.6 Å². The van der Waals surface area contributed by atoms with Crippen molar-refractivity contribution in [3.05, 3.63) is 64.0 Å². The van der Waals surface area contributed by atoms with E-state index in [1.807, 2.05) is 17.9 Å². The monoisotopic (exact) mass is 437 g/mol. The van der Waals surface area contributed by atoms with Crippen molar-refractivity contribution in [2.75, 3.05) is 19.6 Å². The van der Waals surface area contributed by atoms with Gasteiger partial charge in [-0.2, -0.15) is 5.26 Å². The molecular formula is C24H24FN3O4. The number of ketones is 1. The lowest BCUT2D eigenvalue weighted by Crippen LogP contribution is -2.44.